The highest BCUT2D eigenvalue weighted by molar-refractivity contribution is 7.15. The van der Waals surface area contributed by atoms with Crippen LogP contribution in [0.3, 0.4) is 0 Å². The van der Waals surface area contributed by atoms with Gasteiger partial charge in [-0.3, -0.25) is 14.5 Å². The lowest BCUT2D eigenvalue weighted by Gasteiger charge is -2.23. The molecule has 1 N–H and O–H groups in total. The Bertz CT molecular complexity index is 1210. The van der Waals surface area contributed by atoms with E-state index in [0.29, 0.717) is 28.4 Å². The maximum absolute atomic E-state index is 13.2. The van der Waals surface area contributed by atoms with E-state index >= 15 is 0 Å². The number of aliphatic hydroxyl groups is 1. The van der Waals surface area contributed by atoms with Crippen molar-refractivity contribution in [2.75, 3.05) is 4.90 Å². The Hall–Kier alpha value is -3.52. The molecule has 0 spiro atoms. The van der Waals surface area contributed by atoms with Crippen molar-refractivity contribution in [3.05, 3.63) is 75.8 Å². The van der Waals surface area contributed by atoms with Gasteiger partial charge in [-0.15, -0.1) is 10.2 Å². The Labute approximate surface area is 196 Å². The van der Waals surface area contributed by atoms with Crippen LogP contribution in [0.2, 0.25) is 0 Å². The largest absolute Gasteiger partial charge is 0.507 e. The molecule has 170 valence electrons. The number of nitrogens with zero attached hydrogens (tertiary/aromatic N) is 3. The smallest absolute Gasteiger partial charge is 0.301 e. The molecule has 33 heavy (non-hydrogen) atoms. The number of anilines is 1. The molecule has 7 nitrogen and oxygen atoms in total. The van der Waals surface area contributed by atoms with Gasteiger partial charge in [0.1, 0.15) is 16.5 Å². The van der Waals surface area contributed by atoms with E-state index in [0.717, 1.165) is 10.6 Å². The van der Waals surface area contributed by atoms with Crippen LogP contribution in [-0.4, -0.2) is 33.1 Å². The third kappa shape index (κ3) is 4.39. The van der Waals surface area contributed by atoms with Crippen LogP contribution in [0, 0.1) is 6.92 Å². The Morgan fingerprint density at radius 1 is 1.09 bits per heavy atom. The highest BCUT2D eigenvalue weighted by Crippen LogP contribution is 2.43. The molecular formula is C25H25N3O4S. The standard InChI is InChI=1S/C25H25N3O4S/c1-5-19-26-27-25(33-19)28-21(16-10-12-18(13-11-16)32-14(2)3)20(23(30)24(28)31)22(29)17-8-6-15(4)7-9-17/h6-14,21,29H,5H2,1-4H3/b22-20+. The molecule has 1 atom stereocenters. The molecule has 1 fully saturated rings. The van der Waals surface area contributed by atoms with Crippen molar-refractivity contribution in [1.29, 1.82) is 0 Å². The molecule has 1 aliphatic heterocycles. The first-order valence-corrected chi connectivity index (χ1v) is 11.6. The molecule has 0 bridgehead atoms. The minimum Gasteiger partial charge on any atom is -0.507 e. The Kier molecular flexibility index (Phi) is 6.29. The number of hydrogen-bond acceptors (Lipinski definition) is 7. The number of carbonyl (C=O) groups is 2. The average Bonchev–Trinajstić information content (AvgIpc) is 3.37. The second-order valence-corrected chi connectivity index (χ2v) is 9.14. The molecule has 3 aromatic rings. The van der Waals surface area contributed by atoms with Crippen molar-refractivity contribution in [3.63, 3.8) is 0 Å². The van der Waals surface area contributed by atoms with E-state index < -0.39 is 17.7 Å². The van der Waals surface area contributed by atoms with Crippen molar-refractivity contribution in [3.8, 4) is 5.75 Å². The quantitative estimate of drug-likeness (QED) is 0.320. The number of ether oxygens (including phenoxy) is 1. The molecule has 8 heteroatoms. The van der Waals surface area contributed by atoms with E-state index in [1.165, 1.54) is 16.2 Å². The van der Waals surface area contributed by atoms with E-state index in [2.05, 4.69) is 10.2 Å². The van der Waals surface area contributed by atoms with Crippen LogP contribution in [0.25, 0.3) is 5.76 Å². The number of carbonyl (C=O) groups excluding carboxylic acids is 2. The molecule has 1 saturated heterocycles. The maximum Gasteiger partial charge on any atom is 0.301 e. The Morgan fingerprint density at radius 3 is 2.33 bits per heavy atom. The third-order valence-electron chi connectivity index (χ3n) is 5.30. The normalized spacial score (nSPS) is 17.7. The van der Waals surface area contributed by atoms with Gasteiger partial charge in [0.15, 0.2) is 0 Å². The number of rotatable bonds is 6. The van der Waals surface area contributed by atoms with E-state index in [4.69, 9.17) is 4.74 Å². The van der Waals surface area contributed by atoms with Crippen LogP contribution in [0.5, 0.6) is 5.75 Å². The predicted molar refractivity (Wildman–Crippen MR) is 127 cm³/mol. The van der Waals surface area contributed by atoms with Gasteiger partial charge < -0.3 is 9.84 Å². The first-order valence-electron chi connectivity index (χ1n) is 10.8. The van der Waals surface area contributed by atoms with Crippen LogP contribution in [0.1, 0.15) is 48.5 Å². The summed E-state index contributed by atoms with van der Waals surface area (Å²) < 4.78 is 5.73. The summed E-state index contributed by atoms with van der Waals surface area (Å²) in [5.41, 5.74) is 2.17. The molecule has 0 aliphatic carbocycles. The third-order valence-corrected chi connectivity index (χ3v) is 6.37. The van der Waals surface area contributed by atoms with Gasteiger partial charge in [0.05, 0.1) is 17.7 Å². The average molecular weight is 464 g/mol. The van der Waals surface area contributed by atoms with Gasteiger partial charge in [0.2, 0.25) is 5.13 Å². The second kappa shape index (κ2) is 9.15. The molecular weight excluding hydrogens is 438 g/mol. The zero-order valence-corrected chi connectivity index (χ0v) is 19.7. The van der Waals surface area contributed by atoms with Crippen molar-refractivity contribution in [1.82, 2.24) is 10.2 Å². The molecule has 0 radical (unpaired) electrons. The number of amides is 1. The summed E-state index contributed by atoms with van der Waals surface area (Å²) in [4.78, 5) is 27.6. The summed E-state index contributed by atoms with van der Waals surface area (Å²) in [6.07, 6.45) is 0.675. The second-order valence-electron chi connectivity index (χ2n) is 8.10. The van der Waals surface area contributed by atoms with Crippen molar-refractivity contribution >= 4 is 33.9 Å². The van der Waals surface area contributed by atoms with E-state index in [9.17, 15) is 14.7 Å². The van der Waals surface area contributed by atoms with E-state index in [1.807, 2.05) is 39.8 Å². The number of Topliss-reactive ketones (excluding diaryl/α,β-unsaturated/α-hetero) is 1. The fourth-order valence-corrected chi connectivity index (χ4v) is 4.50. The summed E-state index contributed by atoms with van der Waals surface area (Å²) in [5.74, 6) is -1.04. The number of aliphatic hydroxyl groups excluding tert-OH is 1. The molecule has 2 heterocycles. The number of ketones is 1. The van der Waals surface area contributed by atoms with Crippen LogP contribution >= 0.6 is 11.3 Å². The summed E-state index contributed by atoms with van der Waals surface area (Å²) in [5, 5.41) is 20.5. The van der Waals surface area contributed by atoms with Gasteiger partial charge in [0.25, 0.3) is 5.78 Å². The zero-order valence-electron chi connectivity index (χ0n) is 18.9. The molecule has 0 saturated carbocycles. The molecule has 1 aliphatic rings. The molecule has 1 aromatic heterocycles. The molecule has 1 unspecified atom stereocenters. The molecule has 2 aromatic carbocycles. The topological polar surface area (TPSA) is 92.6 Å². The lowest BCUT2D eigenvalue weighted by molar-refractivity contribution is -0.132. The first kappa shape index (κ1) is 22.7. The monoisotopic (exact) mass is 463 g/mol. The highest BCUT2D eigenvalue weighted by Gasteiger charge is 2.48. The zero-order chi connectivity index (χ0) is 23.7. The fraction of sp³-hybridized carbons (Fsp3) is 0.280. The predicted octanol–water partition coefficient (Wildman–Crippen LogP) is 4.82. The summed E-state index contributed by atoms with van der Waals surface area (Å²) in [6.45, 7) is 7.75. The van der Waals surface area contributed by atoms with Crippen LogP contribution < -0.4 is 9.64 Å². The van der Waals surface area contributed by atoms with Gasteiger partial charge in [-0.2, -0.15) is 0 Å². The van der Waals surface area contributed by atoms with Gasteiger partial charge in [-0.05, 0) is 44.9 Å². The van der Waals surface area contributed by atoms with Crippen LogP contribution in [-0.2, 0) is 16.0 Å². The van der Waals surface area contributed by atoms with E-state index in [-0.39, 0.29) is 17.4 Å². The molecule has 4 rings (SSSR count). The first-order chi connectivity index (χ1) is 15.8. The van der Waals surface area contributed by atoms with Crippen molar-refractivity contribution < 1.29 is 19.4 Å². The highest BCUT2D eigenvalue weighted by atomic mass is 32.1. The van der Waals surface area contributed by atoms with Crippen LogP contribution in [0.15, 0.2) is 54.1 Å². The van der Waals surface area contributed by atoms with E-state index in [1.54, 1.807) is 36.4 Å². The number of aryl methyl sites for hydroxylation is 2. The minimum atomic E-state index is -0.836. The van der Waals surface area contributed by atoms with Gasteiger partial charge in [0, 0.05) is 5.56 Å². The minimum absolute atomic E-state index is 0.0110. The maximum atomic E-state index is 13.2. The fourth-order valence-electron chi connectivity index (χ4n) is 3.70. The SMILES string of the molecule is CCc1nnc(N2C(=O)C(=O)/C(=C(/O)c3ccc(C)cc3)C2c2ccc(OC(C)C)cc2)s1. The van der Waals surface area contributed by atoms with Crippen LogP contribution in [0.4, 0.5) is 5.13 Å². The lowest BCUT2D eigenvalue weighted by atomic mass is 9.95. The number of hydrogen-bond donors (Lipinski definition) is 1. The Morgan fingerprint density at radius 2 is 1.76 bits per heavy atom. The number of aromatic nitrogens is 2. The van der Waals surface area contributed by atoms with Gasteiger partial charge in [-0.25, -0.2) is 0 Å². The summed E-state index contributed by atoms with van der Waals surface area (Å²) in [6, 6.07) is 13.5. The molecule has 1 amide bonds. The summed E-state index contributed by atoms with van der Waals surface area (Å²) >= 11 is 1.26. The van der Waals surface area contributed by atoms with Gasteiger partial charge >= 0.3 is 5.91 Å². The van der Waals surface area contributed by atoms with Crippen molar-refractivity contribution in [2.24, 2.45) is 0 Å². The van der Waals surface area contributed by atoms with Crippen molar-refractivity contribution in [2.45, 2.75) is 46.3 Å². The Balaban J connectivity index is 1.87. The number of benzene rings is 2. The lowest BCUT2D eigenvalue weighted by Crippen LogP contribution is -2.29. The van der Waals surface area contributed by atoms with Gasteiger partial charge in [-0.1, -0.05) is 60.2 Å². The summed E-state index contributed by atoms with van der Waals surface area (Å²) in [7, 11) is 0.